The summed E-state index contributed by atoms with van der Waals surface area (Å²) in [6.45, 7) is 1.17. The number of hydrogen-bond acceptors (Lipinski definition) is 5. The van der Waals surface area contributed by atoms with Crippen molar-refractivity contribution in [2.45, 2.75) is 0 Å². The summed E-state index contributed by atoms with van der Waals surface area (Å²) in [4.78, 5) is 27.4. The van der Waals surface area contributed by atoms with Gasteiger partial charge in [0.2, 0.25) is 0 Å². The van der Waals surface area contributed by atoms with Gasteiger partial charge >= 0.3 is 0 Å². The molecule has 0 bridgehead atoms. The van der Waals surface area contributed by atoms with Gasteiger partial charge in [-0.2, -0.15) is 5.10 Å². The van der Waals surface area contributed by atoms with E-state index in [1.54, 1.807) is 9.58 Å². The molecule has 0 fully saturated rings. The average Bonchev–Trinajstić information content (AvgIpc) is 3.34. The first-order valence-corrected chi connectivity index (χ1v) is 11.2. The van der Waals surface area contributed by atoms with Crippen molar-refractivity contribution in [2.75, 3.05) is 29.9 Å². The van der Waals surface area contributed by atoms with Crippen LogP contribution in [0.3, 0.4) is 0 Å². The molecule has 0 aliphatic carbocycles. The summed E-state index contributed by atoms with van der Waals surface area (Å²) in [6.07, 6.45) is 0. The Balaban J connectivity index is 1.49. The van der Waals surface area contributed by atoms with Gasteiger partial charge in [-0.3, -0.25) is 9.69 Å². The number of carbonyl (C=O) groups is 1. The monoisotopic (exact) mass is 446 g/mol. The van der Waals surface area contributed by atoms with Crippen molar-refractivity contribution in [3.8, 4) is 16.9 Å². The summed E-state index contributed by atoms with van der Waals surface area (Å²) in [5.41, 5.74) is 4.57. The first-order chi connectivity index (χ1) is 16.7. The molecule has 2 aromatic heterocycles. The molecule has 7 heteroatoms. The summed E-state index contributed by atoms with van der Waals surface area (Å²) >= 11 is 0. The minimum absolute atomic E-state index is 0.155. The van der Waals surface area contributed by atoms with E-state index < -0.39 is 0 Å². The number of aromatic nitrogens is 4. The maximum Gasteiger partial charge on any atom is 0.278 e. The van der Waals surface area contributed by atoms with Gasteiger partial charge in [0.25, 0.3) is 5.91 Å². The molecule has 1 aliphatic rings. The van der Waals surface area contributed by atoms with Crippen LogP contribution in [0.4, 0.5) is 11.6 Å². The lowest BCUT2D eigenvalue weighted by Gasteiger charge is -2.33. The highest BCUT2D eigenvalue weighted by molar-refractivity contribution is 6.07. The second-order valence-corrected chi connectivity index (χ2v) is 8.27. The van der Waals surface area contributed by atoms with Crippen LogP contribution in [0, 0.1) is 0 Å². The van der Waals surface area contributed by atoms with Gasteiger partial charge in [-0.05, 0) is 30.3 Å². The number of anilines is 2. The molecule has 0 N–H and O–H groups in total. The van der Waals surface area contributed by atoms with Crippen LogP contribution < -0.4 is 9.80 Å². The topological polar surface area (TPSA) is 67.2 Å². The molecule has 0 saturated heterocycles. The molecule has 3 heterocycles. The molecule has 0 spiro atoms. The number of fused-ring (bicyclic) bond motifs is 2. The van der Waals surface area contributed by atoms with E-state index in [4.69, 9.17) is 15.1 Å². The second-order valence-electron chi connectivity index (χ2n) is 8.27. The molecule has 0 atom stereocenters. The number of likely N-dealkylation sites (N-methyl/N-ethyl adjacent to an activating group) is 1. The number of amides is 1. The van der Waals surface area contributed by atoms with Crippen LogP contribution in [0.5, 0.6) is 0 Å². The van der Waals surface area contributed by atoms with Crippen LogP contribution in [0.25, 0.3) is 28.0 Å². The Morgan fingerprint density at radius 1 is 0.765 bits per heavy atom. The first kappa shape index (κ1) is 20.1. The van der Waals surface area contributed by atoms with Gasteiger partial charge in [0.15, 0.2) is 11.6 Å². The Kier molecular flexibility index (Phi) is 4.80. The number of nitrogens with zero attached hydrogens (tertiary/aromatic N) is 6. The van der Waals surface area contributed by atoms with E-state index in [1.165, 1.54) is 0 Å². The van der Waals surface area contributed by atoms with Crippen LogP contribution in [-0.4, -0.2) is 45.8 Å². The van der Waals surface area contributed by atoms with Crippen molar-refractivity contribution in [2.24, 2.45) is 0 Å². The van der Waals surface area contributed by atoms with Gasteiger partial charge in [0.1, 0.15) is 5.69 Å². The number of hydrogen-bond donors (Lipinski definition) is 0. The smallest absolute Gasteiger partial charge is 0.278 e. The third-order valence-corrected chi connectivity index (χ3v) is 6.05. The van der Waals surface area contributed by atoms with Crippen molar-refractivity contribution in [3.63, 3.8) is 0 Å². The van der Waals surface area contributed by atoms with E-state index >= 15 is 0 Å². The van der Waals surface area contributed by atoms with E-state index in [2.05, 4.69) is 0 Å². The highest BCUT2D eigenvalue weighted by Gasteiger charge is 2.31. The summed E-state index contributed by atoms with van der Waals surface area (Å²) in [6, 6.07) is 29.2. The van der Waals surface area contributed by atoms with Crippen molar-refractivity contribution in [1.29, 1.82) is 0 Å². The fourth-order valence-corrected chi connectivity index (χ4v) is 4.27. The Morgan fingerprint density at radius 2 is 1.38 bits per heavy atom. The van der Waals surface area contributed by atoms with Crippen LogP contribution in [0.15, 0.2) is 91.0 Å². The van der Waals surface area contributed by atoms with Crippen molar-refractivity contribution >= 4 is 28.6 Å². The molecule has 1 amide bonds. The predicted octanol–water partition coefficient (Wildman–Crippen LogP) is 4.58. The van der Waals surface area contributed by atoms with E-state index in [1.807, 2.05) is 103 Å². The van der Waals surface area contributed by atoms with E-state index in [0.29, 0.717) is 30.4 Å². The molecular formula is C27H22N6O. The number of para-hydroxylation sites is 3. The minimum atomic E-state index is -0.155. The van der Waals surface area contributed by atoms with Crippen LogP contribution in [0.1, 0.15) is 10.5 Å². The molecule has 1 aliphatic heterocycles. The lowest BCUT2D eigenvalue weighted by atomic mass is 10.1. The van der Waals surface area contributed by atoms with Gasteiger partial charge in [0, 0.05) is 25.7 Å². The molecule has 34 heavy (non-hydrogen) atoms. The van der Waals surface area contributed by atoms with Crippen molar-refractivity contribution in [3.05, 3.63) is 96.7 Å². The Morgan fingerprint density at radius 3 is 2.09 bits per heavy atom. The largest absolute Gasteiger partial charge is 0.355 e. The van der Waals surface area contributed by atoms with E-state index in [0.717, 1.165) is 28.0 Å². The minimum Gasteiger partial charge on any atom is -0.355 e. The molecule has 0 unspecified atom stereocenters. The van der Waals surface area contributed by atoms with Gasteiger partial charge in [-0.15, -0.1) is 0 Å². The molecule has 5 aromatic rings. The van der Waals surface area contributed by atoms with Crippen LogP contribution in [0.2, 0.25) is 0 Å². The Labute approximate surface area is 196 Å². The summed E-state index contributed by atoms with van der Waals surface area (Å²) in [7, 11) is 1.98. The van der Waals surface area contributed by atoms with Gasteiger partial charge in [-0.25, -0.2) is 14.6 Å². The average molecular weight is 447 g/mol. The highest BCUT2D eigenvalue weighted by atomic mass is 16.2. The van der Waals surface area contributed by atoms with Crippen LogP contribution >= 0.6 is 0 Å². The first-order valence-electron chi connectivity index (χ1n) is 11.2. The third-order valence-electron chi connectivity index (χ3n) is 6.05. The normalized spacial score (nSPS) is 13.2. The second kappa shape index (κ2) is 8.12. The molecule has 7 nitrogen and oxygen atoms in total. The maximum absolute atomic E-state index is 14.0. The zero-order valence-corrected chi connectivity index (χ0v) is 18.7. The zero-order valence-electron chi connectivity index (χ0n) is 18.7. The summed E-state index contributed by atoms with van der Waals surface area (Å²) in [5.74, 6) is 1.12. The highest BCUT2D eigenvalue weighted by Crippen LogP contribution is 2.32. The molecular weight excluding hydrogens is 424 g/mol. The SMILES string of the molecule is CN1CCN(C(=O)c2cc(-c3ccccc3)nn2-c2ccccc2)c2nc3ccccc3nc21. The van der Waals surface area contributed by atoms with Crippen molar-refractivity contribution in [1.82, 2.24) is 19.7 Å². The predicted molar refractivity (Wildman–Crippen MR) is 133 cm³/mol. The maximum atomic E-state index is 14.0. The molecule has 166 valence electrons. The fourth-order valence-electron chi connectivity index (χ4n) is 4.27. The lowest BCUT2D eigenvalue weighted by molar-refractivity contribution is 0.0978. The quantitative estimate of drug-likeness (QED) is 0.406. The van der Waals surface area contributed by atoms with Gasteiger partial charge in [-0.1, -0.05) is 60.7 Å². The number of rotatable bonds is 3. The lowest BCUT2D eigenvalue weighted by Crippen LogP contribution is -2.44. The Bertz CT molecular complexity index is 1500. The summed E-state index contributed by atoms with van der Waals surface area (Å²) in [5, 5.41) is 4.81. The number of benzene rings is 3. The van der Waals surface area contributed by atoms with Gasteiger partial charge in [0.05, 0.1) is 22.4 Å². The van der Waals surface area contributed by atoms with Crippen molar-refractivity contribution < 1.29 is 4.79 Å². The summed E-state index contributed by atoms with van der Waals surface area (Å²) < 4.78 is 1.72. The zero-order chi connectivity index (χ0) is 23.1. The Hall–Kier alpha value is -4.52. The molecule has 0 radical (unpaired) electrons. The third kappa shape index (κ3) is 3.38. The van der Waals surface area contributed by atoms with E-state index in [9.17, 15) is 4.79 Å². The van der Waals surface area contributed by atoms with E-state index in [-0.39, 0.29) is 5.91 Å². The fraction of sp³-hybridized carbons (Fsp3) is 0.111. The molecule has 3 aromatic carbocycles. The molecule has 0 saturated carbocycles. The number of carbonyl (C=O) groups excluding carboxylic acids is 1. The molecule has 6 rings (SSSR count). The standard InChI is InChI=1S/C27H22N6O/c1-31-16-17-32(26-25(31)28-21-14-8-9-15-22(21)29-26)27(34)24-18-23(19-10-4-2-5-11-19)30-33(24)20-12-6-3-7-13-20/h2-15,18H,16-17H2,1H3. The van der Waals surface area contributed by atoms with Gasteiger partial charge < -0.3 is 4.90 Å². The van der Waals surface area contributed by atoms with Crippen LogP contribution in [-0.2, 0) is 0 Å².